The first-order valence-corrected chi connectivity index (χ1v) is 9.80. The minimum Gasteiger partial charge on any atom is -0.207 e. The Morgan fingerprint density at radius 1 is 0.893 bits per heavy atom. The molecule has 4 rings (SSSR count). The highest BCUT2D eigenvalue weighted by atomic mass is 19.1. The average Bonchev–Trinajstić information content (AvgIpc) is 2.74. The molecule has 0 fully saturated rings. The zero-order chi connectivity index (χ0) is 19.5. The van der Waals surface area contributed by atoms with Crippen LogP contribution in [0.15, 0.2) is 60.7 Å². The zero-order valence-corrected chi connectivity index (χ0v) is 15.9. The number of halogens is 2. The molecule has 28 heavy (non-hydrogen) atoms. The van der Waals surface area contributed by atoms with E-state index in [0.29, 0.717) is 17.0 Å². The Balaban J connectivity index is 1.56. The van der Waals surface area contributed by atoms with Crippen molar-refractivity contribution in [3.63, 3.8) is 0 Å². The molecule has 0 spiro atoms. The number of rotatable bonds is 2. The van der Waals surface area contributed by atoms with Gasteiger partial charge in [-0.3, -0.25) is 0 Å². The third-order valence-corrected chi connectivity index (χ3v) is 5.59. The minimum atomic E-state index is -0.301. The summed E-state index contributed by atoms with van der Waals surface area (Å²) in [5, 5.41) is 0. The first-order chi connectivity index (χ1) is 13.6. The van der Waals surface area contributed by atoms with Crippen molar-refractivity contribution in [2.45, 2.75) is 38.5 Å². The maximum absolute atomic E-state index is 15.0. The summed E-state index contributed by atoms with van der Waals surface area (Å²) < 4.78 is 28.0. The predicted molar refractivity (Wildman–Crippen MR) is 109 cm³/mol. The van der Waals surface area contributed by atoms with Crippen molar-refractivity contribution in [2.75, 3.05) is 0 Å². The van der Waals surface area contributed by atoms with E-state index in [9.17, 15) is 8.78 Å². The van der Waals surface area contributed by atoms with Gasteiger partial charge >= 0.3 is 0 Å². The van der Waals surface area contributed by atoms with Crippen LogP contribution in [-0.2, 0) is 19.3 Å². The second-order valence-electron chi connectivity index (χ2n) is 7.36. The van der Waals surface area contributed by atoms with E-state index in [1.54, 1.807) is 18.2 Å². The Bertz CT molecular complexity index is 1030. The lowest BCUT2D eigenvalue weighted by Crippen LogP contribution is -2.15. The molecule has 140 valence electrons. The van der Waals surface area contributed by atoms with E-state index in [1.165, 1.54) is 23.3 Å². The van der Waals surface area contributed by atoms with Gasteiger partial charge in [0.2, 0.25) is 0 Å². The van der Waals surface area contributed by atoms with E-state index in [1.807, 2.05) is 6.07 Å². The van der Waals surface area contributed by atoms with Crippen LogP contribution in [0.25, 0.3) is 0 Å². The summed E-state index contributed by atoms with van der Waals surface area (Å²) in [7, 11) is 0. The van der Waals surface area contributed by atoms with Crippen molar-refractivity contribution < 1.29 is 8.78 Å². The topological polar surface area (TPSA) is 0 Å². The molecule has 1 aliphatic carbocycles. The monoisotopic (exact) mass is 372 g/mol. The molecule has 2 heteroatoms. The van der Waals surface area contributed by atoms with E-state index in [0.717, 1.165) is 36.8 Å². The molecule has 0 aliphatic heterocycles. The number of hydrogen-bond acceptors (Lipinski definition) is 0. The van der Waals surface area contributed by atoms with Crippen LogP contribution in [0, 0.1) is 23.5 Å². The van der Waals surface area contributed by atoms with Crippen LogP contribution in [0.5, 0.6) is 0 Å². The maximum atomic E-state index is 15.0. The summed E-state index contributed by atoms with van der Waals surface area (Å²) in [5.41, 5.74) is 5.65. The maximum Gasteiger partial charge on any atom is 0.142 e. The molecule has 3 aromatic carbocycles. The first kappa shape index (κ1) is 18.4. The Morgan fingerprint density at radius 2 is 1.64 bits per heavy atom. The molecule has 0 nitrogen and oxygen atoms in total. The van der Waals surface area contributed by atoms with Crippen LogP contribution < -0.4 is 0 Å². The third-order valence-electron chi connectivity index (χ3n) is 5.59. The molecule has 0 radical (unpaired) electrons. The van der Waals surface area contributed by atoms with E-state index in [2.05, 4.69) is 43.0 Å². The van der Waals surface area contributed by atoms with Crippen LogP contribution in [0.1, 0.15) is 52.6 Å². The average molecular weight is 372 g/mol. The van der Waals surface area contributed by atoms with Crippen molar-refractivity contribution in [1.29, 1.82) is 0 Å². The highest BCUT2D eigenvalue weighted by molar-refractivity contribution is 5.48. The lowest BCUT2D eigenvalue weighted by atomic mass is 9.79. The first-order valence-electron chi connectivity index (χ1n) is 9.80. The fourth-order valence-corrected chi connectivity index (χ4v) is 3.89. The molecule has 0 bridgehead atoms. The summed E-state index contributed by atoms with van der Waals surface area (Å²) in [6.45, 7) is 2.16. The molecule has 1 unspecified atom stereocenters. The normalized spacial score (nSPS) is 15.5. The quantitative estimate of drug-likeness (QED) is 0.470. The summed E-state index contributed by atoms with van der Waals surface area (Å²) in [4.78, 5) is 0. The molecule has 0 aromatic heterocycles. The van der Waals surface area contributed by atoms with E-state index in [-0.39, 0.29) is 11.6 Å². The number of benzene rings is 3. The fraction of sp³-hybridized carbons (Fsp3) is 0.231. The van der Waals surface area contributed by atoms with Gasteiger partial charge in [-0.05, 0) is 84.2 Å². The second-order valence-corrected chi connectivity index (χ2v) is 7.36. The van der Waals surface area contributed by atoms with Gasteiger partial charge in [0.1, 0.15) is 11.6 Å². The Morgan fingerprint density at radius 3 is 2.36 bits per heavy atom. The van der Waals surface area contributed by atoms with Crippen LogP contribution in [0.3, 0.4) is 0 Å². The SMILES string of the molecule is CCc1ccc(C2CCc3c(ccc(C#Cc4ccc(F)cc4)c3F)C2)cc1. The van der Waals surface area contributed by atoms with Crippen LogP contribution in [0.2, 0.25) is 0 Å². The van der Waals surface area contributed by atoms with Crippen molar-refractivity contribution in [3.8, 4) is 11.8 Å². The van der Waals surface area contributed by atoms with Gasteiger partial charge in [0, 0.05) is 5.56 Å². The third kappa shape index (κ3) is 3.85. The molecule has 0 amide bonds. The molecule has 1 atom stereocenters. The van der Waals surface area contributed by atoms with E-state index in [4.69, 9.17) is 0 Å². The molecular weight excluding hydrogens is 350 g/mol. The number of aryl methyl sites for hydroxylation is 1. The van der Waals surface area contributed by atoms with Crippen molar-refractivity contribution in [1.82, 2.24) is 0 Å². The largest absolute Gasteiger partial charge is 0.207 e. The Hall–Kier alpha value is -2.92. The van der Waals surface area contributed by atoms with Gasteiger partial charge in [-0.2, -0.15) is 0 Å². The van der Waals surface area contributed by atoms with Gasteiger partial charge < -0.3 is 0 Å². The van der Waals surface area contributed by atoms with Gasteiger partial charge in [-0.15, -0.1) is 0 Å². The second kappa shape index (κ2) is 7.98. The molecule has 0 heterocycles. The number of fused-ring (bicyclic) bond motifs is 1. The van der Waals surface area contributed by atoms with Gasteiger partial charge in [-0.1, -0.05) is 49.1 Å². The van der Waals surface area contributed by atoms with E-state index < -0.39 is 0 Å². The molecule has 1 aliphatic rings. The summed E-state index contributed by atoms with van der Waals surface area (Å²) >= 11 is 0. The number of hydrogen-bond donors (Lipinski definition) is 0. The lowest BCUT2D eigenvalue weighted by Gasteiger charge is -2.26. The van der Waals surface area contributed by atoms with Gasteiger partial charge in [0.15, 0.2) is 0 Å². The highest BCUT2D eigenvalue weighted by Crippen LogP contribution is 2.34. The summed E-state index contributed by atoms with van der Waals surface area (Å²) in [5.74, 6) is 5.77. The van der Waals surface area contributed by atoms with Crippen LogP contribution in [0.4, 0.5) is 8.78 Å². The van der Waals surface area contributed by atoms with Gasteiger partial charge in [0.05, 0.1) is 5.56 Å². The van der Waals surface area contributed by atoms with Crippen molar-refractivity contribution in [2.24, 2.45) is 0 Å². The Kier molecular flexibility index (Phi) is 5.26. The minimum absolute atomic E-state index is 0.202. The summed E-state index contributed by atoms with van der Waals surface area (Å²) in [6, 6.07) is 18.5. The predicted octanol–water partition coefficient (Wildman–Crippen LogP) is 6.20. The highest BCUT2D eigenvalue weighted by Gasteiger charge is 2.23. The molecule has 0 saturated carbocycles. The summed E-state index contributed by atoms with van der Waals surface area (Å²) in [6.07, 6.45) is 3.59. The zero-order valence-electron chi connectivity index (χ0n) is 15.9. The lowest BCUT2D eigenvalue weighted by molar-refractivity contribution is 0.540. The fourth-order valence-electron chi connectivity index (χ4n) is 3.89. The molecule has 0 saturated heterocycles. The van der Waals surface area contributed by atoms with Gasteiger partial charge in [0.25, 0.3) is 0 Å². The van der Waals surface area contributed by atoms with Crippen LogP contribution in [-0.4, -0.2) is 0 Å². The smallest absolute Gasteiger partial charge is 0.142 e. The molecule has 3 aromatic rings. The van der Waals surface area contributed by atoms with Crippen molar-refractivity contribution >= 4 is 0 Å². The van der Waals surface area contributed by atoms with E-state index >= 15 is 0 Å². The van der Waals surface area contributed by atoms with Crippen LogP contribution >= 0.6 is 0 Å². The van der Waals surface area contributed by atoms with Gasteiger partial charge in [-0.25, -0.2) is 8.78 Å². The standard InChI is InChI=1S/C26H22F2/c1-2-18-3-8-20(9-4-18)22-13-16-25-23(17-22)12-11-21(26(25)28)10-5-19-6-14-24(27)15-7-19/h3-4,6-9,11-12,14-15,22H,2,13,16-17H2,1H3. The Labute approximate surface area is 165 Å². The molecule has 0 N–H and O–H groups in total. The molecular formula is C26H22F2. The van der Waals surface area contributed by atoms with Crippen molar-refractivity contribution in [3.05, 3.63) is 106 Å².